The molecule has 4 nitrogen and oxygen atoms in total. The van der Waals surface area contributed by atoms with E-state index in [0.717, 1.165) is 0 Å². The molecule has 0 fully saturated rings. The van der Waals surface area contributed by atoms with Crippen LogP contribution in [0.15, 0.2) is 42.5 Å². The van der Waals surface area contributed by atoms with Crippen LogP contribution in [0.1, 0.15) is 32.8 Å². The molecule has 0 spiro atoms. The summed E-state index contributed by atoms with van der Waals surface area (Å²) in [7, 11) is 0. The smallest absolute Gasteiger partial charge is 0.420 e. The third-order valence-electron chi connectivity index (χ3n) is 3.66. The summed E-state index contributed by atoms with van der Waals surface area (Å²) < 4.78 is 33.6. The summed E-state index contributed by atoms with van der Waals surface area (Å²) in [6.45, 7) is 5.18. The van der Waals surface area contributed by atoms with Crippen LogP contribution in [0.3, 0.4) is 0 Å². The van der Waals surface area contributed by atoms with Crippen molar-refractivity contribution in [2.45, 2.75) is 32.8 Å². The van der Waals surface area contributed by atoms with Crippen LogP contribution in [0.5, 0.6) is 0 Å². The summed E-state index contributed by atoms with van der Waals surface area (Å²) in [5.74, 6) is 0. The number of ether oxygens (including phenoxy) is 1. The lowest BCUT2D eigenvalue weighted by Crippen LogP contribution is -2.27. The number of fused-ring (bicyclic) bond motifs is 1. The summed E-state index contributed by atoms with van der Waals surface area (Å²) in [6.07, 6.45) is -3.39. The molecule has 0 amide bonds. The van der Waals surface area contributed by atoms with Crippen molar-refractivity contribution in [3.8, 4) is 11.3 Å². The van der Waals surface area contributed by atoms with Crippen molar-refractivity contribution in [2.75, 3.05) is 0 Å². The standard InChI is InChI=1S/C19H17ClF2N2O2/c1-19(2,3)26-18(25)24-14(10-11-8-9-15(20)23-17(11)24)12-6-4-5-7-13(12)16(21)22/h4-10,16H,1-3H3. The van der Waals surface area contributed by atoms with E-state index in [2.05, 4.69) is 4.98 Å². The number of halogens is 3. The summed E-state index contributed by atoms with van der Waals surface area (Å²) >= 11 is 5.97. The van der Waals surface area contributed by atoms with E-state index in [1.54, 1.807) is 45.0 Å². The van der Waals surface area contributed by atoms with Gasteiger partial charge in [0.05, 0.1) is 5.69 Å². The molecule has 0 N–H and O–H groups in total. The summed E-state index contributed by atoms with van der Waals surface area (Å²) in [6, 6.07) is 10.9. The van der Waals surface area contributed by atoms with Gasteiger partial charge < -0.3 is 4.74 Å². The molecule has 1 aromatic carbocycles. The van der Waals surface area contributed by atoms with Crippen molar-refractivity contribution in [3.63, 3.8) is 0 Å². The fourth-order valence-electron chi connectivity index (χ4n) is 2.66. The molecule has 0 aliphatic carbocycles. The number of benzene rings is 1. The van der Waals surface area contributed by atoms with Crippen LogP contribution in [0.2, 0.25) is 5.15 Å². The first-order valence-electron chi connectivity index (χ1n) is 7.96. The van der Waals surface area contributed by atoms with Crippen LogP contribution in [0.4, 0.5) is 13.6 Å². The number of alkyl halides is 2. The first-order chi connectivity index (χ1) is 12.2. The van der Waals surface area contributed by atoms with E-state index >= 15 is 0 Å². The van der Waals surface area contributed by atoms with Crippen LogP contribution in [0, 0.1) is 0 Å². The van der Waals surface area contributed by atoms with Crippen molar-refractivity contribution < 1.29 is 18.3 Å². The van der Waals surface area contributed by atoms with E-state index in [1.807, 2.05) is 0 Å². The van der Waals surface area contributed by atoms with Crippen molar-refractivity contribution in [2.24, 2.45) is 0 Å². The summed E-state index contributed by atoms with van der Waals surface area (Å²) in [5, 5.41) is 0.786. The molecule has 0 saturated carbocycles. The number of aromatic nitrogens is 2. The molecule has 3 aromatic rings. The van der Waals surface area contributed by atoms with E-state index in [4.69, 9.17) is 16.3 Å². The second kappa shape index (κ2) is 6.68. The quantitative estimate of drug-likeness (QED) is 0.508. The van der Waals surface area contributed by atoms with Gasteiger partial charge in [-0.05, 0) is 39.0 Å². The second-order valence-corrected chi connectivity index (χ2v) is 7.17. The Morgan fingerprint density at radius 3 is 2.54 bits per heavy atom. The molecule has 0 aliphatic rings. The van der Waals surface area contributed by atoms with Gasteiger partial charge in [-0.1, -0.05) is 35.9 Å². The average Bonchev–Trinajstić information content (AvgIpc) is 2.91. The third-order valence-corrected chi connectivity index (χ3v) is 3.87. The molecule has 26 heavy (non-hydrogen) atoms. The Kier molecular flexibility index (Phi) is 4.71. The lowest BCUT2D eigenvalue weighted by Gasteiger charge is -2.21. The van der Waals surface area contributed by atoms with E-state index in [9.17, 15) is 13.6 Å². The van der Waals surface area contributed by atoms with Gasteiger partial charge >= 0.3 is 6.09 Å². The van der Waals surface area contributed by atoms with Crippen molar-refractivity contribution >= 4 is 28.7 Å². The molecule has 2 heterocycles. The summed E-state index contributed by atoms with van der Waals surface area (Å²) in [5.41, 5.74) is -0.161. The normalized spacial score (nSPS) is 12.0. The fraction of sp³-hybridized carbons (Fsp3) is 0.263. The predicted octanol–water partition coefficient (Wildman–Crippen LogP) is 6.08. The van der Waals surface area contributed by atoms with Gasteiger partial charge in [0.1, 0.15) is 10.8 Å². The lowest BCUT2D eigenvalue weighted by atomic mass is 10.0. The SMILES string of the molecule is CC(C)(C)OC(=O)n1c(-c2ccccc2C(F)F)cc2ccc(Cl)nc21. The van der Waals surface area contributed by atoms with Gasteiger partial charge in [-0.3, -0.25) is 0 Å². The zero-order valence-electron chi connectivity index (χ0n) is 14.5. The van der Waals surface area contributed by atoms with Crippen molar-refractivity contribution in [1.29, 1.82) is 0 Å². The summed E-state index contributed by atoms with van der Waals surface area (Å²) in [4.78, 5) is 17.0. The number of carbonyl (C=O) groups is 1. The van der Waals surface area contributed by atoms with Gasteiger partial charge in [0.2, 0.25) is 0 Å². The maximum absolute atomic E-state index is 13.5. The highest BCUT2D eigenvalue weighted by Crippen LogP contribution is 2.35. The van der Waals surface area contributed by atoms with Gasteiger partial charge in [-0.2, -0.15) is 0 Å². The largest absolute Gasteiger partial charge is 0.443 e. The molecule has 0 bridgehead atoms. The molecule has 2 aromatic heterocycles. The van der Waals surface area contributed by atoms with Crippen molar-refractivity contribution in [3.05, 3.63) is 53.2 Å². The Morgan fingerprint density at radius 2 is 1.88 bits per heavy atom. The first-order valence-corrected chi connectivity index (χ1v) is 8.34. The Labute approximate surface area is 154 Å². The molecule has 3 rings (SSSR count). The Balaban J connectivity index is 2.29. The fourth-order valence-corrected chi connectivity index (χ4v) is 2.81. The maximum Gasteiger partial charge on any atom is 0.420 e. The molecular formula is C19H17ClF2N2O2. The van der Waals surface area contributed by atoms with Crippen LogP contribution in [0.25, 0.3) is 22.3 Å². The average molecular weight is 379 g/mol. The van der Waals surface area contributed by atoms with Crippen LogP contribution < -0.4 is 0 Å². The molecule has 0 aliphatic heterocycles. The minimum Gasteiger partial charge on any atom is -0.443 e. The highest BCUT2D eigenvalue weighted by Gasteiger charge is 2.25. The Morgan fingerprint density at radius 1 is 1.19 bits per heavy atom. The number of hydrogen-bond donors (Lipinski definition) is 0. The maximum atomic E-state index is 13.5. The molecule has 0 unspecified atom stereocenters. The Bertz CT molecular complexity index is 977. The van der Waals surface area contributed by atoms with Gasteiger partial charge in [0, 0.05) is 16.5 Å². The molecule has 136 valence electrons. The highest BCUT2D eigenvalue weighted by molar-refractivity contribution is 6.29. The number of nitrogens with zero attached hydrogens (tertiary/aromatic N) is 2. The van der Waals surface area contributed by atoms with Gasteiger partial charge in [-0.25, -0.2) is 23.1 Å². The number of hydrogen-bond acceptors (Lipinski definition) is 3. The molecular weight excluding hydrogens is 362 g/mol. The predicted molar refractivity (Wildman–Crippen MR) is 96.8 cm³/mol. The molecule has 0 saturated heterocycles. The molecule has 7 heteroatoms. The van der Waals surface area contributed by atoms with E-state index in [0.29, 0.717) is 5.39 Å². The van der Waals surface area contributed by atoms with Crippen LogP contribution in [-0.2, 0) is 4.74 Å². The topological polar surface area (TPSA) is 44.1 Å². The number of rotatable bonds is 2. The number of carbonyl (C=O) groups excluding carboxylic acids is 1. The third kappa shape index (κ3) is 3.55. The second-order valence-electron chi connectivity index (χ2n) is 6.78. The van der Waals surface area contributed by atoms with Crippen LogP contribution in [-0.4, -0.2) is 21.2 Å². The monoisotopic (exact) mass is 378 g/mol. The van der Waals surface area contributed by atoms with Gasteiger partial charge in [-0.15, -0.1) is 0 Å². The van der Waals surface area contributed by atoms with E-state index in [1.165, 1.54) is 22.8 Å². The van der Waals surface area contributed by atoms with E-state index < -0.39 is 18.1 Å². The zero-order valence-corrected chi connectivity index (χ0v) is 15.2. The highest BCUT2D eigenvalue weighted by atomic mass is 35.5. The molecule has 0 radical (unpaired) electrons. The number of pyridine rings is 1. The lowest BCUT2D eigenvalue weighted by molar-refractivity contribution is 0.0546. The van der Waals surface area contributed by atoms with Crippen LogP contribution >= 0.6 is 11.6 Å². The Hall–Kier alpha value is -2.47. The zero-order chi connectivity index (χ0) is 19.1. The first kappa shape index (κ1) is 18.3. The van der Waals surface area contributed by atoms with Crippen molar-refractivity contribution in [1.82, 2.24) is 9.55 Å². The van der Waals surface area contributed by atoms with Gasteiger partial charge in [0.25, 0.3) is 6.43 Å². The minimum atomic E-state index is -2.69. The molecule has 0 atom stereocenters. The van der Waals surface area contributed by atoms with E-state index in [-0.39, 0.29) is 27.6 Å². The minimum absolute atomic E-state index is 0.175. The van der Waals surface area contributed by atoms with Gasteiger partial charge in [0.15, 0.2) is 5.65 Å².